The van der Waals surface area contributed by atoms with Gasteiger partial charge in [-0.15, -0.1) is 0 Å². The Labute approximate surface area is 240 Å². The molecule has 8 saturated carbocycles. The second kappa shape index (κ2) is 9.48. The van der Waals surface area contributed by atoms with Crippen molar-refractivity contribution in [2.45, 2.75) is 106 Å². The Hall–Kier alpha value is -1.55. The summed E-state index contributed by atoms with van der Waals surface area (Å²) in [5.74, 6) is -1.26. The summed E-state index contributed by atoms with van der Waals surface area (Å²) < 4.78 is 101. The molecule has 0 saturated heterocycles. The lowest BCUT2D eigenvalue weighted by atomic mass is 9.48. The van der Waals surface area contributed by atoms with Crippen molar-refractivity contribution in [1.29, 1.82) is 0 Å². The minimum atomic E-state index is -6.58. The first-order chi connectivity index (χ1) is 19.3. The molecular weight excluding hydrogens is 592 g/mol. The minimum Gasteiger partial charge on any atom is -0.461 e. The highest BCUT2D eigenvalue weighted by Crippen LogP contribution is 2.63. The smallest absolute Gasteiger partial charge is 0.459 e. The number of hydrogen-bond donors (Lipinski definition) is 3. The van der Waals surface area contributed by atoms with E-state index in [1.807, 2.05) is 0 Å². The van der Waals surface area contributed by atoms with Crippen LogP contribution in [-0.2, 0) is 33.9 Å². The van der Waals surface area contributed by atoms with Crippen molar-refractivity contribution in [3.8, 4) is 0 Å². The van der Waals surface area contributed by atoms with Crippen LogP contribution in [0.5, 0.6) is 0 Å². The summed E-state index contributed by atoms with van der Waals surface area (Å²) in [6.45, 7) is -2.33. The number of halogens is 4. The van der Waals surface area contributed by atoms with Gasteiger partial charge in [0, 0.05) is 0 Å². The second-order valence-electron chi connectivity index (χ2n) is 14.4. The van der Waals surface area contributed by atoms with E-state index < -0.39 is 74.8 Å². The average molecular weight is 629 g/mol. The van der Waals surface area contributed by atoms with E-state index in [0.29, 0.717) is 51.4 Å². The standard InChI is InChI=1S/C27H36F4O10S/c28-26(29,27(30,31)42(36,37)38)40-12-19(41-21(33)23-5-17-2-18(6-23)10-25(35,9-17)14-23)11-39-20(32)22-3-15-1-16(4-22)8-24(34,7-15)13-22/h15-19,34-35H,1-14H2,(H,36,37,38). The molecule has 0 heterocycles. The Morgan fingerprint density at radius 2 is 1.19 bits per heavy atom. The SMILES string of the molecule is O=C(OCC(COC(F)(F)C(F)(F)S(=O)(=O)O)OC(=O)C12CC3CC(CC(O)(C3)C1)C2)C12CC3CC(CC(O)(C3)C1)C2. The van der Waals surface area contributed by atoms with Crippen LogP contribution < -0.4 is 0 Å². The van der Waals surface area contributed by atoms with E-state index in [9.17, 15) is 45.8 Å². The third kappa shape index (κ3) is 5.04. The zero-order valence-electron chi connectivity index (χ0n) is 22.9. The highest BCUT2D eigenvalue weighted by Gasteiger charge is 2.68. The molecule has 0 aromatic rings. The maximum absolute atomic E-state index is 14.2. The van der Waals surface area contributed by atoms with Gasteiger partial charge in [0.15, 0.2) is 6.10 Å². The molecule has 3 N–H and O–H groups in total. The van der Waals surface area contributed by atoms with Crippen molar-refractivity contribution in [3.63, 3.8) is 0 Å². The average Bonchev–Trinajstić information content (AvgIpc) is 2.81. The van der Waals surface area contributed by atoms with Crippen LogP contribution in [0.25, 0.3) is 0 Å². The van der Waals surface area contributed by atoms with Gasteiger partial charge in [-0.05, 0) is 101 Å². The fourth-order valence-electron chi connectivity index (χ4n) is 10.1. The summed E-state index contributed by atoms with van der Waals surface area (Å²) in [7, 11) is -6.58. The lowest BCUT2D eigenvalue weighted by molar-refractivity contribution is -0.325. The number of rotatable bonds is 10. The third-order valence-corrected chi connectivity index (χ3v) is 11.6. The van der Waals surface area contributed by atoms with Gasteiger partial charge in [-0.2, -0.15) is 26.0 Å². The van der Waals surface area contributed by atoms with Crippen molar-refractivity contribution in [2.24, 2.45) is 34.5 Å². The Balaban J connectivity index is 1.18. The van der Waals surface area contributed by atoms with Gasteiger partial charge in [0.25, 0.3) is 0 Å². The van der Waals surface area contributed by atoms with E-state index in [1.165, 1.54) is 0 Å². The molecule has 8 rings (SSSR count). The van der Waals surface area contributed by atoms with Crippen LogP contribution in [-0.4, -0.2) is 77.0 Å². The first kappa shape index (κ1) is 30.5. The zero-order chi connectivity index (χ0) is 30.6. The largest absolute Gasteiger partial charge is 0.461 e. The zero-order valence-corrected chi connectivity index (χ0v) is 23.7. The van der Waals surface area contributed by atoms with Gasteiger partial charge in [0.05, 0.1) is 28.6 Å². The van der Waals surface area contributed by atoms with Gasteiger partial charge in [-0.3, -0.25) is 14.1 Å². The number of alkyl halides is 4. The topological polar surface area (TPSA) is 157 Å². The summed E-state index contributed by atoms with van der Waals surface area (Å²) >= 11 is 0. The summed E-state index contributed by atoms with van der Waals surface area (Å²) in [5.41, 5.74) is -4.24. The maximum Gasteiger partial charge on any atom is 0.459 e. The molecule has 8 bridgehead atoms. The highest BCUT2D eigenvalue weighted by molar-refractivity contribution is 7.86. The van der Waals surface area contributed by atoms with Crippen molar-refractivity contribution >= 4 is 22.1 Å². The van der Waals surface area contributed by atoms with Crippen LogP contribution in [0, 0.1) is 34.5 Å². The molecule has 42 heavy (non-hydrogen) atoms. The molecule has 0 aromatic heterocycles. The third-order valence-electron chi connectivity index (χ3n) is 10.7. The molecule has 8 aliphatic rings. The van der Waals surface area contributed by atoms with Gasteiger partial charge in [0.1, 0.15) is 6.61 Å². The van der Waals surface area contributed by atoms with E-state index >= 15 is 0 Å². The van der Waals surface area contributed by atoms with Crippen molar-refractivity contribution in [1.82, 2.24) is 0 Å². The number of ether oxygens (including phenoxy) is 3. The number of esters is 2. The quantitative estimate of drug-likeness (QED) is 0.187. The van der Waals surface area contributed by atoms with E-state index in [1.54, 1.807) is 0 Å². The van der Waals surface area contributed by atoms with E-state index in [-0.39, 0.29) is 36.5 Å². The van der Waals surface area contributed by atoms with Crippen LogP contribution in [0.2, 0.25) is 0 Å². The predicted molar refractivity (Wildman–Crippen MR) is 132 cm³/mol. The van der Waals surface area contributed by atoms with Gasteiger partial charge in [-0.1, -0.05) is 0 Å². The van der Waals surface area contributed by atoms with Gasteiger partial charge >= 0.3 is 33.4 Å². The van der Waals surface area contributed by atoms with Crippen LogP contribution >= 0.6 is 0 Å². The molecule has 0 aliphatic heterocycles. The van der Waals surface area contributed by atoms with Crippen LogP contribution in [0.3, 0.4) is 0 Å². The highest BCUT2D eigenvalue weighted by atomic mass is 32.2. The van der Waals surface area contributed by atoms with E-state index in [2.05, 4.69) is 4.74 Å². The molecule has 0 amide bonds. The molecule has 0 spiro atoms. The van der Waals surface area contributed by atoms with Crippen LogP contribution in [0.15, 0.2) is 0 Å². The lowest BCUT2D eigenvalue weighted by Crippen LogP contribution is -2.59. The molecule has 8 fully saturated rings. The summed E-state index contributed by atoms with van der Waals surface area (Å²) in [6, 6.07) is 0. The Kier molecular flexibility index (Phi) is 6.88. The number of carbonyl (C=O) groups excluding carboxylic acids is 2. The fourth-order valence-corrected chi connectivity index (χ4v) is 10.4. The van der Waals surface area contributed by atoms with Gasteiger partial charge in [0.2, 0.25) is 0 Å². The Morgan fingerprint density at radius 3 is 1.60 bits per heavy atom. The van der Waals surface area contributed by atoms with Crippen molar-refractivity contribution in [3.05, 3.63) is 0 Å². The molecule has 8 aliphatic carbocycles. The molecule has 5 unspecified atom stereocenters. The lowest BCUT2D eigenvalue weighted by Gasteiger charge is -2.59. The number of aliphatic hydroxyl groups is 2. The minimum absolute atomic E-state index is 0.0519. The summed E-state index contributed by atoms with van der Waals surface area (Å²) in [4.78, 5) is 26.9. The van der Waals surface area contributed by atoms with E-state index in [0.717, 1.165) is 12.8 Å². The molecule has 238 valence electrons. The van der Waals surface area contributed by atoms with Crippen molar-refractivity contribution < 1.29 is 64.5 Å². The van der Waals surface area contributed by atoms with Crippen molar-refractivity contribution in [2.75, 3.05) is 13.2 Å². The first-order valence-corrected chi connectivity index (χ1v) is 15.9. The van der Waals surface area contributed by atoms with Crippen LogP contribution in [0.4, 0.5) is 17.6 Å². The molecular formula is C27H36F4O10S. The molecule has 10 nitrogen and oxygen atoms in total. The summed E-state index contributed by atoms with van der Waals surface area (Å²) in [6.07, 6.45) is -1.70. The van der Waals surface area contributed by atoms with Crippen LogP contribution in [0.1, 0.15) is 77.0 Å². The van der Waals surface area contributed by atoms with Gasteiger partial charge < -0.3 is 24.4 Å². The normalized spacial score (nSPS) is 42.9. The monoisotopic (exact) mass is 628 g/mol. The van der Waals surface area contributed by atoms with E-state index in [4.69, 9.17) is 14.0 Å². The Morgan fingerprint density at radius 1 is 0.762 bits per heavy atom. The molecule has 15 heteroatoms. The predicted octanol–water partition coefficient (Wildman–Crippen LogP) is 3.19. The number of carbonyl (C=O) groups is 2. The molecule has 0 aromatic carbocycles. The summed E-state index contributed by atoms with van der Waals surface area (Å²) in [5, 5.41) is 15.9. The maximum atomic E-state index is 14.2. The molecule has 0 radical (unpaired) electrons. The first-order valence-electron chi connectivity index (χ1n) is 14.5. The number of hydrogen-bond acceptors (Lipinski definition) is 9. The second-order valence-corrected chi connectivity index (χ2v) is 15.8. The Bertz CT molecular complexity index is 1230. The molecule has 5 atom stereocenters. The van der Waals surface area contributed by atoms with Gasteiger partial charge in [-0.25, -0.2) is 0 Å². The fraction of sp³-hybridized carbons (Fsp3) is 0.926.